The van der Waals surface area contributed by atoms with Gasteiger partial charge in [0.1, 0.15) is 6.10 Å². The van der Waals surface area contributed by atoms with Gasteiger partial charge >= 0.3 is 5.97 Å². The highest BCUT2D eigenvalue weighted by molar-refractivity contribution is 5.66. The number of hydrogen-bond donors (Lipinski definition) is 1. The molecule has 0 amide bonds. The van der Waals surface area contributed by atoms with Crippen LogP contribution in [0.15, 0.2) is 0 Å². The highest BCUT2D eigenvalue weighted by Gasteiger charge is 2.24. The molecule has 1 saturated carbocycles. The smallest absolute Gasteiger partial charge is 0.302 e. The Balaban J connectivity index is 2.39. The van der Waals surface area contributed by atoms with Gasteiger partial charge in [-0.2, -0.15) is 0 Å². The van der Waals surface area contributed by atoms with Gasteiger partial charge < -0.3 is 10.5 Å². The number of hydrogen-bond acceptors (Lipinski definition) is 3. The van der Waals surface area contributed by atoms with Crippen molar-refractivity contribution < 1.29 is 9.53 Å². The molecule has 1 fully saturated rings. The van der Waals surface area contributed by atoms with E-state index in [2.05, 4.69) is 0 Å². The summed E-state index contributed by atoms with van der Waals surface area (Å²) in [6, 6.07) is 0. The maximum atomic E-state index is 10.8. The average molecular weight is 185 g/mol. The van der Waals surface area contributed by atoms with Crippen molar-refractivity contribution >= 4 is 5.97 Å². The highest BCUT2D eigenvalue weighted by Crippen LogP contribution is 2.27. The van der Waals surface area contributed by atoms with Crippen molar-refractivity contribution in [3.05, 3.63) is 0 Å². The molecule has 1 aliphatic carbocycles. The summed E-state index contributed by atoms with van der Waals surface area (Å²) in [5.74, 6) is 0.295. The molecule has 2 N–H and O–H groups in total. The lowest BCUT2D eigenvalue weighted by molar-refractivity contribution is -0.149. The number of esters is 1. The Kier molecular flexibility index (Phi) is 4.22. The van der Waals surface area contributed by atoms with E-state index in [0.717, 1.165) is 12.8 Å². The Morgan fingerprint density at radius 3 is 2.54 bits per heavy atom. The van der Waals surface area contributed by atoms with E-state index in [1.54, 1.807) is 0 Å². The molecule has 3 nitrogen and oxygen atoms in total. The Hall–Kier alpha value is -0.570. The van der Waals surface area contributed by atoms with E-state index in [9.17, 15) is 4.79 Å². The predicted molar refractivity (Wildman–Crippen MR) is 51.2 cm³/mol. The fourth-order valence-electron chi connectivity index (χ4n) is 2.06. The minimum atomic E-state index is -0.207. The van der Waals surface area contributed by atoms with Crippen LogP contribution in [0.1, 0.15) is 39.0 Å². The Bertz CT molecular complexity index is 164. The second-order valence-electron chi connectivity index (χ2n) is 3.78. The van der Waals surface area contributed by atoms with Gasteiger partial charge in [-0.1, -0.05) is 19.3 Å². The predicted octanol–water partition coefficient (Wildman–Crippen LogP) is 1.46. The van der Waals surface area contributed by atoms with Crippen LogP contribution >= 0.6 is 0 Å². The number of nitrogens with two attached hydrogens (primary N) is 1. The lowest BCUT2D eigenvalue weighted by Crippen LogP contribution is -2.34. The minimum Gasteiger partial charge on any atom is -0.461 e. The molecule has 0 heterocycles. The summed E-state index contributed by atoms with van der Waals surface area (Å²) in [6.07, 6.45) is 6.10. The van der Waals surface area contributed by atoms with Gasteiger partial charge in [-0.05, 0) is 18.8 Å². The second-order valence-corrected chi connectivity index (χ2v) is 3.78. The van der Waals surface area contributed by atoms with Gasteiger partial charge in [0.25, 0.3) is 0 Å². The summed E-state index contributed by atoms with van der Waals surface area (Å²) in [4.78, 5) is 10.8. The van der Waals surface area contributed by atoms with Crippen LogP contribution in [-0.2, 0) is 9.53 Å². The van der Waals surface area contributed by atoms with Crippen molar-refractivity contribution in [3.8, 4) is 0 Å². The standard InChI is InChI=1S/C10H19NO2/c1-8(12)13-10(7-11)9-5-3-2-4-6-9/h9-10H,2-7,11H2,1H3. The van der Waals surface area contributed by atoms with Gasteiger partial charge in [0.15, 0.2) is 0 Å². The molecule has 0 aliphatic heterocycles. The third-order valence-electron chi connectivity index (χ3n) is 2.73. The molecule has 1 aliphatic rings. The van der Waals surface area contributed by atoms with Gasteiger partial charge in [-0.3, -0.25) is 4.79 Å². The first-order chi connectivity index (χ1) is 6.24. The molecular formula is C10H19NO2. The Labute approximate surface area is 79.6 Å². The van der Waals surface area contributed by atoms with Gasteiger partial charge in [-0.25, -0.2) is 0 Å². The van der Waals surface area contributed by atoms with E-state index >= 15 is 0 Å². The fourth-order valence-corrected chi connectivity index (χ4v) is 2.06. The molecule has 13 heavy (non-hydrogen) atoms. The zero-order valence-corrected chi connectivity index (χ0v) is 8.29. The molecule has 0 saturated heterocycles. The minimum absolute atomic E-state index is 0.0437. The zero-order chi connectivity index (χ0) is 9.68. The molecule has 1 atom stereocenters. The van der Waals surface area contributed by atoms with Crippen LogP contribution in [-0.4, -0.2) is 18.6 Å². The molecule has 0 aromatic rings. The molecule has 0 radical (unpaired) electrons. The van der Waals surface area contributed by atoms with Crippen LogP contribution in [0.5, 0.6) is 0 Å². The maximum absolute atomic E-state index is 10.8. The summed E-state index contributed by atoms with van der Waals surface area (Å²) in [5, 5.41) is 0. The van der Waals surface area contributed by atoms with Crippen LogP contribution in [0, 0.1) is 5.92 Å². The number of rotatable bonds is 3. The van der Waals surface area contributed by atoms with Crippen molar-refractivity contribution in [1.82, 2.24) is 0 Å². The second kappa shape index (κ2) is 5.22. The Morgan fingerprint density at radius 1 is 1.46 bits per heavy atom. The van der Waals surface area contributed by atoms with Crippen LogP contribution in [0.3, 0.4) is 0 Å². The molecule has 1 unspecified atom stereocenters. The lowest BCUT2D eigenvalue weighted by Gasteiger charge is -2.28. The normalized spacial score (nSPS) is 21.1. The molecule has 76 valence electrons. The SMILES string of the molecule is CC(=O)OC(CN)C1CCCCC1. The van der Waals surface area contributed by atoms with Crippen LogP contribution < -0.4 is 5.73 Å². The van der Waals surface area contributed by atoms with E-state index in [0.29, 0.717) is 12.5 Å². The van der Waals surface area contributed by atoms with Gasteiger partial charge in [0, 0.05) is 13.5 Å². The molecule has 1 rings (SSSR count). The van der Waals surface area contributed by atoms with Gasteiger partial charge in [-0.15, -0.1) is 0 Å². The first kappa shape index (κ1) is 10.5. The molecule has 0 aromatic heterocycles. The van der Waals surface area contributed by atoms with Crippen LogP contribution in [0.4, 0.5) is 0 Å². The monoisotopic (exact) mass is 185 g/mol. The van der Waals surface area contributed by atoms with Crippen molar-refractivity contribution in [1.29, 1.82) is 0 Å². The molecule has 0 bridgehead atoms. The Morgan fingerprint density at radius 2 is 2.08 bits per heavy atom. The van der Waals surface area contributed by atoms with Crippen molar-refractivity contribution in [2.24, 2.45) is 11.7 Å². The van der Waals surface area contributed by atoms with E-state index < -0.39 is 0 Å². The quantitative estimate of drug-likeness (QED) is 0.677. The van der Waals surface area contributed by atoms with Crippen LogP contribution in [0.2, 0.25) is 0 Å². The van der Waals surface area contributed by atoms with Crippen molar-refractivity contribution in [2.45, 2.75) is 45.1 Å². The van der Waals surface area contributed by atoms with Gasteiger partial charge in [0.05, 0.1) is 0 Å². The third kappa shape index (κ3) is 3.35. The number of carbonyl (C=O) groups excluding carboxylic acids is 1. The molecule has 3 heteroatoms. The first-order valence-corrected chi connectivity index (χ1v) is 5.11. The van der Waals surface area contributed by atoms with Crippen molar-refractivity contribution in [3.63, 3.8) is 0 Å². The summed E-state index contributed by atoms with van der Waals surface area (Å²) in [6.45, 7) is 1.91. The number of ether oxygens (including phenoxy) is 1. The van der Waals surface area contributed by atoms with E-state index in [4.69, 9.17) is 10.5 Å². The van der Waals surface area contributed by atoms with Crippen LogP contribution in [0.25, 0.3) is 0 Å². The van der Waals surface area contributed by atoms with Gasteiger partial charge in [0.2, 0.25) is 0 Å². The average Bonchev–Trinajstić information content (AvgIpc) is 2.15. The summed E-state index contributed by atoms with van der Waals surface area (Å²) in [5.41, 5.74) is 5.57. The zero-order valence-electron chi connectivity index (χ0n) is 8.29. The molecular weight excluding hydrogens is 166 g/mol. The summed E-state index contributed by atoms with van der Waals surface area (Å²) < 4.78 is 5.18. The number of carbonyl (C=O) groups is 1. The topological polar surface area (TPSA) is 52.3 Å². The maximum Gasteiger partial charge on any atom is 0.302 e. The van der Waals surface area contributed by atoms with E-state index in [-0.39, 0.29) is 12.1 Å². The van der Waals surface area contributed by atoms with E-state index in [1.165, 1.54) is 26.2 Å². The third-order valence-corrected chi connectivity index (χ3v) is 2.73. The first-order valence-electron chi connectivity index (χ1n) is 5.11. The van der Waals surface area contributed by atoms with E-state index in [1.807, 2.05) is 0 Å². The summed E-state index contributed by atoms with van der Waals surface area (Å²) in [7, 11) is 0. The molecule has 0 aromatic carbocycles. The summed E-state index contributed by atoms with van der Waals surface area (Å²) >= 11 is 0. The highest BCUT2D eigenvalue weighted by atomic mass is 16.5. The lowest BCUT2D eigenvalue weighted by atomic mass is 9.85. The largest absolute Gasteiger partial charge is 0.461 e. The van der Waals surface area contributed by atoms with Crippen molar-refractivity contribution in [2.75, 3.05) is 6.54 Å². The molecule has 0 spiro atoms. The fraction of sp³-hybridized carbons (Fsp3) is 0.900.